The molecule has 1 fully saturated rings. The van der Waals surface area contributed by atoms with Crippen molar-refractivity contribution in [2.45, 2.75) is 72.1 Å². The Morgan fingerprint density at radius 2 is 2.00 bits per heavy atom. The van der Waals surface area contributed by atoms with Crippen molar-refractivity contribution in [3.05, 3.63) is 0 Å². The fraction of sp³-hybridized carbons (Fsp3) is 0.933. The minimum absolute atomic E-state index is 0.336. The van der Waals surface area contributed by atoms with Gasteiger partial charge in [-0.1, -0.05) is 46.5 Å². The van der Waals surface area contributed by atoms with Crippen LogP contribution >= 0.6 is 0 Å². The highest BCUT2D eigenvalue weighted by Gasteiger charge is 2.40. The molecule has 3 unspecified atom stereocenters. The van der Waals surface area contributed by atoms with Crippen LogP contribution in [0.3, 0.4) is 0 Å². The SMILES string of the molecule is CCCCC1(CCC)CCC(C)CC1C=O. The van der Waals surface area contributed by atoms with Gasteiger partial charge < -0.3 is 4.79 Å². The molecule has 3 atom stereocenters. The first-order valence-electron chi connectivity index (χ1n) is 7.13. The van der Waals surface area contributed by atoms with Crippen molar-refractivity contribution in [1.82, 2.24) is 0 Å². The molecule has 1 nitrogen and oxygen atoms in total. The van der Waals surface area contributed by atoms with Gasteiger partial charge in [0, 0.05) is 5.92 Å². The minimum atomic E-state index is 0.336. The Bertz CT molecular complexity index is 207. The molecule has 0 amide bonds. The van der Waals surface area contributed by atoms with E-state index in [0.29, 0.717) is 11.3 Å². The topological polar surface area (TPSA) is 17.1 Å². The van der Waals surface area contributed by atoms with E-state index in [2.05, 4.69) is 20.8 Å². The summed E-state index contributed by atoms with van der Waals surface area (Å²) < 4.78 is 0. The molecule has 0 aromatic heterocycles. The predicted molar refractivity (Wildman–Crippen MR) is 69.4 cm³/mol. The van der Waals surface area contributed by atoms with Crippen molar-refractivity contribution < 1.29 is 4.79 Å². The fourth-order valence-electron chi connectivity index (χ4n) is 3.49. The maximum absolute atomic E-state index is 11.4. The molecule has 0 heterocycles. The van der Waals surface area contributed by atoms with E-state index in [1.165, 1.54) is 51.2 Å². The van der Waals surface area contributed by atoms with Crippen LogP contribution < -0.4 is 0 Å². The monoisotopic (exact) mass is 224 g/mol. The van der Waals surface area contributed by atoms with E-state index in [0.717, 1.165) is 12.3 Å². The van der Waals surface area contributed by atoms with Crippen molar-refractivity contribution in [1.29, 1.82) is 0 Å². The van der Waals surface area contributed by atoms with E-state index >= 15 is 0 Å². The summed E-state index contributed by atoms with van der Waals surface area (Å²) in [6.45, 7) is 6.81. The molecule has 0 aliphatic heterocycles. The zero-order valence-corrected chi connectivity index (χ0v) is 11.3. The predicted octanol–water partition coefficient (Wildman–Crippen LogP) is 4.60. The second kappa shape index (κ2) is 6.42. The normalized spacial score (nSPS) is 34.9. The maximum atomic E-state index is 11.4. The number of hydrogen-bond donors (Lipinski definition) is 0. The largest absolute Gasteiger partial charge is 0.303 e. The van der Waals surface area contributed by atoms with Crippen LogP contribution in [-0.2, 0) is 4.79 Å². The number of carbonyl (C=O) groups excluding carboxylic acids is 1. The summed E-state index contributed by atoms with van der Waals surface area (Å²) in [7, 11) is 0. The summed E-state index contributed by atoms with van der Waals surface area (Å²) in [5.74, 6) is 1.09. The average Bonchev–Trinajstić information content (AvgIpc) is 2.30. The molecule has 0 N–H and O–H groups in total. The van der Waals surface area contributed by atoms with Gasteiger partial charge in [-0.2, -0.15) is 0 Å². The molecular formula is C15H28O. The molecule has 0 spiro atoms. The van der Waals surface area contributed by atoms with E-state index < -0.39 is 0 Å². The van der Waals surface area contributed by atoms with E-state index in [1.807, 2.05) is 0 Å². The standard InChI is InChI=1S/C15H28O/c1-4-6-9-15(8-5-2)10-7-13(3)11-14(15)12-16/h12-14H,4-11H2,1-3H3. The Kier molecular flexibility index (Phi) is 5.51. The first kappa shape index (κ1) is 13.7. The Balaban J connectivity index is 2.74. The molecule has 1 rings (SSSR count). The number of aldehydes is 1. The van der Waals surface area contributed by atoms with Gasteiger partial charge in [-0.05, 0) is 37.0 Å². The van der Waals surface area contributed by atoms with Gasteiger partial charge in [0.05, 0.1) is 0 Å². The molecule has 1 heteroatoms. The minimum Gasteiger partial charge on any atom is -0.303 e. The van der Waals surface area contributed by atoms with Gasteiger partial charge in [0.15, 0.2) is 0 Å². The van der Waals surface area contributed by atoms with Crippen LogP contribution in [0.4, 0.5) is 0 Å². The van der Waals surface area contributed by atoms with Gasteiger partial charge in [0.1, 0.15) is 6.29 Å². The third-order valence-electron chi connectivity index (χ3n) is 4.52. The van der Waals surface area contributed by atoms with E-state index in [-0.39, 0.29) is 0 Å². The van der Waals surface area contributed by atoms with Crippen LogP contribution in [0, 0.1) is 17.3 Å². The van der Waals surface area contributed by atoms with Gasteiger partial charge in [-0.3, -0.25) is 0 Å². The van der Waals surface area contributed by atoms with Gasteiger partial charge >= 0.3 is 0 Å². The molecule has 0 aromatic carbocycles. The van der Waals surface area contributed by atoms with Crippen molar-refractivity contribution in [2.24, 2.45) is 17.3 Å². The van der Waals surface area contributed by atoms with Crippen molar-refractivity contribution in [2.75, 3.05) is 0 Å². The highest BCUT2D eigenvalue weighted by molar-refractivity contribution is 5.55. The van der Waals surface area contributed by atoms with Crippen molar-refractivity contribution in [3.8, 4) is 0 Å². The molecule has 0 bridgehead atoms. The lowest BCUT2D eigenvalue weighted by molar-refractivity contribution is -0.118. The highest BCUT2D eigenvalue weighted by Crippen LogP contribution is 2.49. The lowest BCUT2D eigenvalue weighted by Gasteiger charge is -2.44. The molecule has 94 valence electrons. The summed E-state index contributed by atoms with van der Waals surface area (Å²) in [5.41, 5.74) is 0.360. The van der Waals surface area contributed by atoms with E-state index in [9.17, 15) is 4.79 Å². The lowest BCUT2D eigenvalue weighted by atomic mass is 9.60. The van der Waals surface area contributed by atoms with Gasteiger partial charge in [-0.15, -0.1) is 0 Å². The van der Waals surface area contributed by atoms with Gasteiger partial charge in [-0.25, -0.2) is 0 Å². The van der Waals surface area contributed by atoms with Gasteiger partial charge in [0.2, 0.25) is 0 Å². The van der Waals surface area contributed by atoms with Crippen LogP contribution in [0.5, 0.6) is 0 Å². The quantitative estimate of drug-likeness (QED) is 0.603. The maximum Gasteiger partial charge on any atom is 0.123 e. The average molecular weight is 224 g/mol. The Morgan fingerprint density at radius 3 is 2.56 bits per heavy atom. The van der Waals surface area contributed by atoms with Crippen molar-refractivity contribution >= 4 is 6.29 Å². The highest BCUT2D eigenvalue weighted by atomic mass is 16.1. The zero-order valence-electron chi connectivity index (χ0n) is 11.3. The number of unbranched alkanes of at least 4 members (excludes halogenated alkanes) is 1. The molecule has 16 heavy (non-hydrogen) atoms. The molecule has 0 radical (unpaired) electrons. The van der Waals surface area contributed by atoms with Crippen LogP contribution in [0.2, 0.25) is 0 Å². The third kappa shape index (κ3) is 3.09. The molecule has 0 saturated heterocycles. The first-order valence-corrected chi connectivity index (χ1v) is 7.13. The number of rotatable bonds is 6. The summed E-state index contributed by atoms with van der Waals surface area (Å²) >= 11 is 0. The smallest absolute Gasteiger partial charge is 0.123 e. The molecular weight excluding hydrogens is 196 g/mol. The van der Waals surface area contributed by atoms with Crippen molar-refractivity contribution in [3.63, 3.8) is 0 Å². The summed E-state index contributed by atoms with van der Waals surface area (Å²) in [6, 6.07) is 0. The summed E-state index contributed by atoms with van der Waals surface area (Å²) in [5, 5.41) is 0. The summed E-state index contributed by atoms with van der Waals surface area (Å²) in [4.78, 5) is 11.4. The molecule has 1 aliphatic rings. The number of carbonyl (C=O) groups is 1. The summed E-state index contributed by atoms with van der Waals surface area (Å²) in [6.07, 6.45) is 11.3. The number of hydrogen-bond acceptors (Lipinski definition) is 1. The Labute approximate surface area is 101 Å². The van der Waals surface area contributed by atoms with Crippen LogP contribution in [0.1, 0.15) is 72.1 Å². The Hall–Kier alpha value is -0.330. The van der Waals surface area contributed by atoms with E-state index in [1.54, 1.807) is 0 Å². The third-order valence-corrected chi connectivity index (χ3v) is 4.52. The fourth-order valence-corrected chi connectivity index (χ4v) is 3.49. The van der Waals surface area contributed by atoms with Crippen LogP contribution in [0.25, 0.3) is 0 Å². The molecule has 1 saturated carbocycles. The first-order chi connectivity index (χ1) is 7.68. The second-order valence-corrected chi connectivity index (χ2v) is 5.84. The Morgan fingerprint density at radius 1 is 1.25 bits per heavy atom. The lowest BCUT2D eigenvalue weighted by Crippen LogP contribution is -2.37. The van der Waals surface area contributed by atoms with Gasteiger partial charge in [0.25, 0.3) is 0 Å². The van der Waals surface area contributed by atoms with Crippen LogP contribution in [-0.4, -0.2) is 6.29 Å². The van der Waals surface area contributed by atoms with Crippen LogP contribution in [0.15, 0.2) is 0 Å². The molecule has 0 aromatic rings. The molecule has 1 aliphatic carbocycles. The van der Waals surface area contributed by atoms with E-state index in [4.69, 9.17) is 0 Å². The zero-order chi connectivity index (χ0) is 12.0. The second-order valence-electron chi connectivity index (χ2n) is 5.84.